The molecule has 2 aliphatic rings. The van der Waals surface area contributed by atoms with Gasteiger partial charge in [0.05, 0.1) is 6.54 Å². The smallest absolute Gasteiger partial charge is 0.191 e. The molecule has 1 saturated carbocycles. The Kier molecular flexibility index (Phi) is 11.8. The molecule has 1 aliphatic heterocycles. The number of anilines is 1. The molecule has 2 fully saturated rings. The van der Waals surface area contributed by atoms with Gasteiger partial charge in [-0.25, -0.2) is 9.98 Å². The number of nitrogens with zero attached hydrogens (tertiary/aromatic N) is 4. The van der Waals surface area contributed by atoms with Crippen LogP contribution in [0.25, 0.3) is 0 Å². The van der Waals surface area contributed by atoms with Gasteiger partial charge in [0.25, 0.3) is 0 Å². The van der Waals surface area contributed by atoms with Crippen molar-refractivity contribution in [3.63, 3.8) is 0 Å². The molecule has 1 aromatic heterocycles. The fourth-order valence-electron chi connectivity index (χ4n) is 3.45. The van der Waals surface area contributed by atoms with E-state index in [0.29, 0.717) is 6.54 Å². The van der Waals surface area contributed by atoms with Crippen LogP contribution < -0.4 is 15.5 Å². The molecule has 1 saturated heterocycles. The highest BCUT2D eigenvalue weighted by atomic mass is 127. The second-order valence-electron chi connectivity index (χ2n) is 7.94. The Morgan fingerprint density at radius 1 is 1.20 bits per heavy atom. The molecule has 0 atom stereocenters. The Labute approximate surface area is 199 Å². The summed E-state index contributed by atoms with van der Waals surface area (Å²) in [5, 5.41) is 6.74. The SMILES string of the molecule is CCNC(=NCc1ccnc(N2CCN(CC)CC2)c1)NCCCOCC1CC1.I. The van der Waals surface area contributed by atoms with Crippen LogP contribution in [-0.4, -0.2) is 74.9 Å². The van der Waals surface area contributed by atoms with Crippen LogP contribution in [0.2, 0.25) is 0 Å². The predicted molar refractivity (Wildman–Crippen MR) is 135 cm³/mol. The van der Waals surface area contributed by atoms with Crippen LogP contribution in [0.3, 0.4) is 0 Å². The van der Waals surface area contributed by atoms with Crippen molar-refractivity contribution in [1.29, 1.82) is 0 Å². The molecule has 0 amide bonds. The average Bonchev–Trinajstić information content (AvgIpc) is 3.59. The summed E-state index contributed by atoms with van der Waals surface area (Å²) in [7, 11) is 0. The van der Waals surface area contributed by atoms with Gasteiger partial charge in [0.1, 0.15) is 5.82 Å². The Balaban J connectivity index is 0.00000320. The van der Waals surface area contributed by atoms with Gasteiger partial charge in [0.15, 0.2) is 5.96 Å². The van der Waals surface area contributed by atoms with E-state index in [2.05, 4.69) is 51.4 Å². The molecule has 7 nitrogen and oxygen atoms in total. The number of likely N-dealkylation sites (N-methyl/N-ethyl adjacent to an activating group) is 1. The van der Waals surface area contributed by atoms with E-state index < -0.39 is 0 Å². The van der Waals surface area contributed by atoms with Gasteiger partial charge in [0, 0.05) is 58.7 Å². The lowest BCUT2D eigenvalue weighted by Crippen LogP contribution is -2.46. The number of piperazine rings is 1. The number of rotatable bonds is 11. The second-order valence-corrected chi connectivity index (χ2v) is 7.94. The van der Waals surface area contributed by atoms with Gasteiger partial charge in [-0.15, -0.1) is 24.0 Å². The van der Waals surface area contributed by atoms with Crippen LogP contribution in [0.4, 0.5) is 5.82 Å². The third-order valence-corrected chi connectivity index (χ3v) is 5.53. The van der Waals surface area contributed by atoms with Crippen molar-refractivity contribution in [1.82, 2.24) is 20.5 Å². The molecule has 0 aromatic carbocycles. The first-order valence-corrected chi connectivity index (χ1v) is 11.3. The maximum absolute atomic E-state index is 5.70. The lowest BCUT2D eigenvalue weighted by molar-refractivity contribution is 0.123. The minimum atomic E-state index is 0. The Morgan fingerprint density at radius 3 is 2.70 bits per heavy atom. The fraction of sp³-hybridized carbons (Fsp3) is 0.727. The number of nitrogens with one attached hydrogen (secondary N) is 2. The molecule has 3 rings (SSSR count). The molecule has 0 radical (unpaired) electrons. The molecule has 0 spiro atoms. The van der Waals surface area contributed by atoms with Crippen molar-refractivity contribution in [2.45, 2.75) is 39.7 Å². The first kappa shape index (κ1) is 25.1. The van der Waals surface area contributed by atoms with E-state index in [-0.39, 0.29) is 24.0 Å². The van der Waals surface area contributed by atoms with Crippen LogP contribution >= 0.6 is 24.0 Å². The van der Waals surface area contributed by atoms with Crippen LogP contribution in [-0.2, 0) is 11.3 Å². The summed E-state index contributed by atoms with van der Waals surface area (Å²) in [4.78, 5) is 14.2. The Hall–Kier alpha value is -1.13. The van der Waals surface area contributed by atoms with Gasteiger partial charge in [-0.2, -0.15) is 0 Å². The monoisotopic (exact) mass is 530 g/mol. The fourth-order valence-corrected chi connectivity index (χ4v) is 3.45. The second kappa shape index (κ2) is 14.0. The summed E-state index contributed by atoms with van der Waals surface area (Å²) in [6, 6.07) is 4.24. The van der Waals surface area contributed by atoms with Gasteiger partial charge in [-0.3, -0.25) is 0 Å². The van der Waals surface area contributed by atoms with Crippen LogP contribution in [0.1, 0.15) is 38.7 Å². The highest BCUT2D eigenvalue weighted by Crippen LogP contribution is 2.28. The van der Waals surface area contributed by atoms with Crippen molar-refractivity contribution in [2.75, 3.05) is 63.9 Å². The van der Waals surface area contributed by atoms with E-state index in [1.807, 2.05) is 6.20 Å². The Bertz CT molecular complexity index is 632. The molecular weight excluding hydrogens is 491 g/mol. The highest BCUT2D eigenvalue weighted by Gasteiger charge is 2.20. The van der Waals surface area contributed by atoms with Gasteiger partial charge in [-0.1, -0.05) is 6.92 Å². The molecule has 0 unspecified atom stereocenters. The summed E-state index contributed by atoms with van der Waals surface area (Å²) in [5.41, 5.74) is 1.19. The summed E-state index contributed by atoms with van der Waals surface area (Å²) in [6.07, 6.45) is 5.60. The zero-order valence-electron chi connectivity index (χ0n) is 18.6. The maximum atomic E-state index is 5.70. The van der Waals surface area contributed by atoms with E-state index in [1.165, 1.54) is 18.4 Å². The quantitative estimate of drug-likeness (QED) is 0.199. The number of aliphatic imine (C=N–C) groups is 1. The summed E-state index contributed by atoms with van der Waals surface area (Å²) >= 11 is 0. The topological polar surface area (TPSA) is 65.0 Å². The predicted octanol–water partition coefficient (Wildman–Crippen LogP) is 2.71. The highest BCUT2D eigenvalue weighted by molar-refractivity contribution is 14.0. The van der Waals surface area contributed by atoms with Crippen LogP contribution in [0.5, 0.6) is 0 Å². The van der Waals surface area contributed by atoms with E-state index in [4.69, 9.17) is 9.73 Å². The number of aromatic nitrogens is 1. The third kappa shape index (κ3) is 8.93. The van der Waals surface area contributed by atoms with Crippen LogP contribution in [0.15, 0.2) is 23.3 Å². The summed E-state index contributed by atoms with van der Waals surface area (Å²) in [5.74, 6) is 2.77. The van der Waals surface area contributed by atoms with E-state index in [1.54, 1.807) is 0 Å². The van der Waals surface area contributed by atoms with Gasteiger partial charge >= 0.3 is 0 Å². The number of ether oxygens (including phenoxy) is 1. The number of hydrogen-bond acceptors (Lipinski definition) is 5. The number of pyridine rings is 1. The van der Waals surface area contributed by atoms with Gasteiger partial charge < -0.3 is 25.2 Å². The molecule has 0 bridgehead atoms. The van der Waals surface area contributed by atoms with Crippen molar-refractivity contribution < 1.29 is 4.74 Å². The standard InChI is InChI=1S/C22H38N6O.HI/c1-3-23-22(25-9-5-15-29-18-19-6-7-19)26-17-20-8-10-24-21(16-20)28-13-11-27(4-2)12-14-28;/h8,10,16,19H,3-7,9,11-15,17-18H2,1-2H3,(H2,23,25,26);1H. The minimum absolute atomic E-state index is 0. The zero-order valence-corrected chi connectivity index (χ0v) is 20.9. The van der Waals surface area contributed by atoms with E-state index >= 15 is 0 Å². The number of halogens is 1. The van der Waals surface area contributed by atoms with Gasteiger partial charge in [-0.05, 0) is 56.3 Å². The maximum Gasteiger partial charge on any atom is 0.191 e. The normalized spacial score (nSPS) is 17.5. The van der Waals surface area contributed by atoms with Crippen molar-refractivity contribution in [3.05, 3.63) is 23.9 Å². The molecule has 1 aromatic rings. The van der Waals surface area contributed by atoms with E-state index in [0.717, 1.165) is 83.1 Å². The lowest BCUT2D eigenvalue weighted by Gasteiger charge is -2.34. The first-order valence-electron chi connectivity index (χ1n) is 11.3. The van der Waals surface area contributed by atoms with Crippen LogP contribution in [0, 0.1) is 5.92 Å². The molecule has 2 heterocycles. The van der Waals surface area contributed by atoms with Gasteiger partial charge in [0.2, 0.25) is 0 Å². The first-order chi connectivity index (χ1) is 14.3. The third-order valence-electron chi connectivity index (χ3n) is 5.53. The largest absolute Gasteiger partial charge is 0.381 e. The summed E-state index contributed by atoms with van der Waals surface area (Å²) in [6.45, 7) is 13.9. The average molecular weight is 530 g/mol. The van der Waals surface area contributed by atoms with Crippen molar-refractivity contribution >= 4 is 35.8 Å². The summed E-state index contributed by atoms with van der Waals surface area (Å²) < 4.78 is 5.70. The van der Waals surface area contributed by atoms with Crippen molar-refractivity contribution in [2.24, 2.45) is 10.9 Å². The Morgan fingerprint density at radius 2 is 2.00 bits per heavy atom. The number of guanidine groups is 1. The number of hydrogen-bond donors (Lipinski definition) is 2. The molecule has 2 N–H and O–H groups in total. The molecule has 1 aliphatic carbocycles. The molecule has 30 heavy (non-hydrogen) atoms. The molecule has 170 valence electrons. The molecular formula is C22H39IN6O. The zero-order chi connectivity index (χ0) is 20.3. The van der Waals surface area contributed by atoms with E-state index in [9.17, 15) is 0 Å². The minimum Gasteiger partial charge on any atom is -0.381 e. The lowest BCUT2D eigenvalue weighted by atomic mass is 10.2. The van der Waals surface area contributed by atoms with Crippen molar-refractivity contribution in [3.8, 4) is 0 Å². The molecule has 8 heteroatoms.